The number of halogens is 2. The second-order valence-electron chi connectivity index (χ2n) is 6.19. The summed E-state index contributed by atoms with van der Waals surface area (Å²) in [6.45, 7) is 2.57. The lowest BCUT2D eigenvalue weighted by Crippen LogP contribution is -2.49. The van der Waals surface area contributed by atoms with Gasteiger partial charge in [-0.1, -0.05) is 17.4 Å². The number of nitrogens with zero attached hydrogens (tertiary/aromatic N) is 3. The van der Waals surface area contributed by atoms with Gasteiger partial charge in [-0.3, -0.25) is 4.79 Å². The molecule has 1 aliphatic heterocycles. The molecule has 8 heteroatoms. The molecule has 4 rings (SSSR count). The first-order valence-electron chi connectivity index (χ1n) is 8.56. The van der Waals surface area contributed by atoms with Crippen molar-refractivity contribution in [3.8, 4) is 0 Å². The van der Waals surface area contributed by atoms with Crippen LogP contribution in [-0.4, -0.2) is 47.7 Å². The summed E-state index contributed by atoms with van der Waals surface area (Å²) in [6.07, 6.45) is 0. The Hall–Kier alpha value is -2.19. The van der Waals surface area contributed by atoms with E-state index < -0.39 is 0 Å². The monoisotopic (exact) mass is 405 g/mol. The third-order valence-electron chi connectivity index (χ3n) is 4.44. The Bertz CT molecular complexity index is 953. The van der Waals surface area contributed by atoms with Crippen molar-refractivity contribution < 1.29 is 13.6 Å². The number of anilines is 1. The summed E-state index contributed by atoms with van der Waals surface area (Å²) in [5, 5.41) is 0.794. The predicted molar refractivity (Wildman–Crippen MR) is 105 cm³/mol. The number of aromatic nitrogens is 1. The maximum absolute atomic E-state index is 13.8. The zero-order chi connectivity index (χ0) is 18.8. The minimum Gasteiger partial charge on any atom is -0.345 e. The van der Waals surface area contributed by atoms with E-state index in [0.717, 1.165) is 14.7 Å². The molecule has 1 aromatic heterocycles. The van der Waals surface area contributed by atoms with Crippen molar-refractivity contribution >= 4 is 44.4 Å². The Balaban J connectivity index is 1.33. The van der Waals surface area contributed by atoms with Crippen molar-refractivity contribution in [1.29, 1.82) is 0 Å². The summed E-state index contributed by atoms with van der Waals surface area (Å²) in [5.41, 5.74) is 0.409. The molecular formula is C19H17F2N3OS2. The van der Waals surface area contributed by atoms with E-state index in [1.165, 1.54) is 41.3 Å². The first kappa shape index (κ1) is 18.2. The van der Waals surface area contributed by atoms with Crippen molar-refractivity contribution in [2.45, 2.75) is 4.90 Å². The molecule has 27 heavy (non-hydrogen) atoms. The van der Waals surface area contributed by atoms with Crippen LogP contribution in [0.15, 0.2) is 47.4 Å². The van der Waals surface area contributed by atoms with E-state index in [-0.39, 0.29) is 17.5 Å². The molecule has 1 amide bonds. The molecule has 1 saturated heterocycles. The lowest BCUT2D eigenvalue weighted by Gasteiger charge is -2.34. The number of hydrogen-bond donors (Lipinski definition) is 0. The molecule has 0 radical (unpaired) electrons. The third-order valence-corrected chi connectivity index (χ3v) is 6.52. The molecule has 2 aromatic carbocycles. The van der Waals surface area contributed by atoms with Crippen molar-refractivity contribution in [2.24, 2.45) is 0 Å². The number of thiazole rings is 1. The van der Waals surface area contributed by atoms with Crippen LogP contribution in [0.4, 0.5) is 13.9 Å². The Morgan fingerprint density at radius 1 is 1.07 bits per heavy atom. The van der Waals surface area contributed by atoms with Crippen LogP contribution in [0, 0.1) is 11.6 Å². The molecule has 0 N–H and O–H groups in total. The fourth-order valence-corrected chi connectivity index (χ4v) is 4.79. The van der Waals surface area contributed by atoms with Crippen LogP contribution in [0.3, 0.4) is 0 Å². The molecule has 2 heterocycles. The number of amides is 1. The topological polar surface area (TPSA) is 36.4 Å². The van der Waals surface area contributed by atoms with Gasteiger partial charge >= 0.3 is 0 Å². The van der Waals surface area contributed by atoms with Gasteiger partial charge in [-0.15, -0.1) is 11.8 Å². The summed E-state index contributed by atoms with van der Waals surface area (Å²) in [5.74, 6) is -0.185. The molecule has 0 bridgehead atoms. The Morgan fingerprint density at radius 3 is 2.52 bits per heavy atom. The quantitative estimate of drug-likeness (QED) is 0.615. The van der Waals surface area contributed by atoms with Crippen LogP contribution >= 0.6 is 23.1 Å². The highest BCUT2D eigenvalue weighted by Crippen LogP contribution is 2.30. The number of hydrogen-bond acceptors (Lipinski definition) is 5. The lowest BCUT2D eigenvalue weighted by atomic mass is 10.3. The van der Waals surface area contributed by atoms with Crippen LogP contribution in [0.2, 0.25) is 0 Å². The molecule has 0 unspecified atom stereocenters. The van der Waals surface area contributed by atoms with Gasteiger partial charge in [-0.2, -0.15) is 0 Å². The second-order valence-corrected chi connectivity index (χ2v) is 8.25. The van der Waals surface area contributed by atoms with Crippen LogP contribution in [0.25, 0.3) is 10.2 Å². The van der Waals surface area contributed by atoms with E-state index in [9.17, 15) is 13.6 Å². The molecule has 0 spiro atoms. The number of rotatable bonds is 4. The van der Waals surface area contributed by atoms with Crippen molar-refractivity contribution in [3.05, 3.63) is 54.1 Å². The number of thioether (sulfide) groups is 1. The lowest BCUT2D eigenvalue weighted by molar-refractivity contribution is -0.128. The zero-order valence-corrected chi connectivity index (χ0v) is 16.0. The molecule has 0 atom stereocenters. The van der Waals surface area contributed by atoms with Crippen LogP contribution in [0.1, 0.15) is 0 Å². The maximum Gasteiger partial charge on any atom is 0.233 e. The first-order valence-corrected chi connectivity index (χ1v) is 10.4. The molecule has 0 aliphatic carbocycles. The summed E-state index contributed by atoms with van der Waals surface area (Å²) >= 11 is 2.88. The van der Waals surface area contributed by atoms with Gasteiger partial charge in [0.2, 0.25) is 5.91 Å². The summed E-state index contributed by atoms with van der Waals surface area (Å²) in [7, 11) is 0. The zero-order valence-electron chi connectivity index (χ0n) is 14.4. The number of carbonyl (C=O) groups is 1. The molecule has 4 nitrogen and oxygen atoms in total. The fraction of sp³-hybridized carbons (Fsp3) is 0.263. The van der Waals surface area contributed by atoms with E-state index in [1.54, 1.807) is 18.2 Å². The summed E-state index contributed by atoms with van der Waals surface area (Å²) in [4.78, 5) is 21.6. The number of fused-ring (bicyclic) bond motifs is 1. The average molecular weight is 405 g/mol. The first-order chi connectivity index (χ1) is 13.1. The SMILES string of the molecule is O=C(CSc1ccc(F)cc1)N1CCN(c2nc3c(F)cccc3s2)CC1. The maximum atomic E-state index is 13.8. The van der Waals surface area contributed by atoms with E-state index in [1.807, 2.05) is 11.0 Å². The van der Waals surface area contributed by atoms with Crippen molar-refractivity contribution in [3.63, 3.8) is 0 Å². The number of piperazine rings is 1. The number of benzene rings is 2. The highest BCUT2D eigenvalue weighted by molar-refractivity contribution is 8.00. The predicted octanol–water partition coefficient (Wildman–Crippen LogP) is 4.02. The number of para-hydroxylation sites is 1. The minimum absolute atomic E-state index is 0.0688. The Labute approximate surface area is 163 Å². The van der Waals surface area contributed by atoms with E-state index in [4.69, 9.17) is 0 Å². The van der Waals surface area contributed by atoms with Gasteiger partial charge in [0, 0.05) is 31.1 Å². The van der Waals surface area contributed by atoms with E-state index in [2.05, 4.69) is 9.88 Å². The molecule has 1 aliphatic rings. The van der Waals surface area contributed by atoms with Gasteiger partial charge in [-0.25, -0.2) is 13.8 Å². The molecular weight excluding hydrogens is 388 g/mol. The van der Waals surface area contributed by atoms with Crippen LogP contribution in [0.5, 0.6) is 0 Å². The Kier molecular flexibility index (Phi) is 5.27. The van der Waals surface area contributed by atoms with Gasteiger partial charge in [0.05, 0.1) is 10.5 Å². The summed E-state index contributed by atoms with van der Waals surface area (Å²) in [6, 6.07) is 11.1. The standard InChI is InChI=1S/C19H17F2N3OS2/c20-13-4-6-14(7-5-13)26-12-17(25)23-8-10-24(11-9-23)19-22-18-15(21)2-1-3-16(18)27-19/h1-7H,8-12H2. The molecule has 3 aromatic rings. The average Bonchev–Trinajstić information content (AvgIpc) is 3.13. The highest BCUT2D eigenvalue weighted by Gasteiger charge is 2.23. The normalized spacial score (nSPS) is 14.7. The Morgan fingerprint density at radius 2 is 1.81 bits per heavy atom. The van der Waals surface area contributed by atoms with Gasteiger partial charge in [-0.05, 0) is 36.4 Å². The van der Waals surface area contributed by atoms with Gasteiger partial charge in [0.25, 0.3) is 0 Å². The molecule has 1 fully saturated rings. The molecule has 0 saturated carbocycles. The van der Waals surface area contributed by atoms with E-state index >= 15 is 0 Å². The van der Waals surface area contributed by atoms with Crippen LogP contribution in [-0.2, 0) is 4.79 Å². The van der Waals surface area contributed by atoms with Gasteiger partial charge in [0.15, 0.2) is 5.13 Å². The van der Waals surface area contributed by atoms with Crippen molar-refractivity contribution in [2.75, 3.05) is 36.8 Å². The highest BCUT2D eigenvalue weighted by atomic mass is 32.2. The van der Waals surface area contributed by atoms with Gasteiger partial charge < -0.3 is 9.80 Å². The largest absolute Gasteiger partial charge is 0.345 e. The van der Waals surface area contributed by atoms with Crippen LogP contribution < -0.4 is 4.90 Å². The third kappa shape index (κ3) is 4.06. The van der Waals surface area contributed by atoms with Crippen molar-refractivity contribution in [1.82, 2.24) is 9.88 Å². The second kappa shape index (κ2) is 7.82. The van der Waals surface area contributed by atoms with E-state index in [0.29, 0.717) is 37.4 Å². The smallest absolute Gasteiger partial charge is 0.233 e. The minimum atomic E-state index is -0.304. The fourth-order valence-electron chi connectivity index (χ4n) is 2.95. The molecule has 140 valence electrons. The number of carbonyl (C=O) groups excluding carboxylic acids is 1. The van der Waals surface area contributed by atoms with Gasteiger partial charge in [0.1, 0.15) is 17.2 Å². The summed E-state index contributed by atoms with van der Waals surface area (Å²) < 4.78 is 27.6.